The lowest BCUT2D eigenvalue weighted by molar-refractivity contribution is -0.144. The van der Waals surface area contributed by atoms with Crippen LogP contribution in [-0.2, 0) is 25.1 Å². The number of methoxy groups -OCH3 is 1. The summed E-state index contributed by atoms with van der Waals surface area (Å²) < 4.78 is 31.3. The van der Waals surface area contributed by atoms with Gasteiger partial charge < -0.3 is 4.74 Å². The fourth-order valence-electron chi connectivity index (χ4n) is 2.46. The van der Waals surface area contributed by atoms with Crippen molar-refractivity contribution in [3.05, 3.63) is 35.9 Å². The fraction of sp³-hybridized carbons (Fsp3) is 0.533. The minimum Gasteiger partial charge on any atom is -0.467 e. The van der Waals surface area contributed by atoms with E-state index in [4.69, 9.17) is 4.74 Å². The van der Waals surface area contributed by atoms with Crippen LogP contribution in [0.15, 0.2) is 30.3 Å². The van der Waals surface area contributed by atoms with Crippen molar-refractivity contribution >= 4 is 24.1 Å². The van der Waals surface area contributed by atoms with Crippen molar-refractivity contribution < 1.29 is 17.9 Å². The normalized spacial score (nSPS) is 24.8. The Morgan fingerprint density at radius 2 is 1.86 bits per heavy atom. The predicted molar refractivity (Wildman–Crippen MR) is 88.8 cm³/mol. The first-order chi connectivity index (χ1) is 10.1. The maximum atomic E-state index is 12.6. The van der Waals surface area contributed by atoms with Crippen LogP contribution in [0, 0.1) is 0 Å². The lowest BCUT2D eigenvalue weighted by Crippen LogP contribution is -2.34. The van der Waals surface area contributed by atoms with E-state index in [1.807, 2.05) is 6.07 Å². The standard InChI is InChI=1S/C15H23NO4SSi/c1-20-14(17)15(13-8-6-5-7-9-13)12-16(15)21(18,19)10-11-22(2,3)4/h5-9H,10-12H2,1-4H3. The number of esters is 1. The second-order valence-electron chi connectivity index (χ2n) is 6.85. The molecule has 1 aromatic carbocycles. The van der Waals surface area contributed by atoms with Gasteiger partial charge in [-0.15, -0.1) is 0 Å². The van der Waals surface area contributed by atoms with E-state index in [0.29, 0.717) is 11.6 Å². The van der Waals surface area contributed by atoms with Gasteiger partial charge in [0.1, 0.15) is 0 Å². The largest absolute Gasteiger partial charge is 0.467 e. The predicted octanol–water partition coefficient (Wildman–Crippen LogP) is 2.04. The lowest BCUT2D eigenvalue weighted by Gasteiger charge is -2.19. The van der Waals surface area contributed by atoms with Crippen molar-refractivity contribution in [1.29, 1.82) is 0 Å². The van der Waals surface area contributed by atoms with Crippen molar-refractivity contribution in [2.45, 2.75) is 31.2 Å². The second-order valence-corrected chi connectivity index (χ2v) is 14.5. The van der Waals surface area contributed by atoms with Crippen molar-refractivity contribution in [1.82, 2.24) is 4.31 Å². The Labute approximate surface area is 133 Å². The van der Waals surface area contributed by atoms with Gasteiger partial charge in [-0.1, -0.05) is 50.0 Å². The quantitative estimate of drug-likeness (QED) is 0.451. The first-order valence-electron chi connectivity index (χ1n) is 7.28. The molecule has 0 N–H and O–H groups in total. The Bertz CT molecular complexity index is 654. The second kappa shape index (κ2) is 5.79. The highest BCUT2D eigenvalue weighted by Gasteiger charge is 2.66. The highest BCUT2D eigenvalue weighted by Crippen LogP contribution is 2.46. The van der Waals surface area contributed by atoms with Crippen LogP contribution in [0.5, 0.6) is 0 Å². The average molecular weight is 342 g/mol. The summed E-state index contributed by atoms with van der Waals surface area (Å²) in [6.07, 6.45) is 0. The fourth-order valence-corrected chi connectivity index (χ4v) is 7.20. The van der Waals surface area contributed by atoms with Gasteiger partial charge in [-0.05, 0) is 11.6 Å². The van der Waals surface area contributed by atoms with E-state index < -0.39 is 29.6 Å². The first-order valence-corrected chi connectivity index (χ1v) is 12.6. The van der Waals surface area contributed by atoms with Crippen LogP contribution < -0.4 is 0 Å². The summed E-state index contributed by atoms with van der Waals surface area (Å²) in [6, 6.07) is 9.64. The summed E-state index contributed by atoms with van der Waals surface area (Å²) in [5, 5.41) is 0. The molecule has 22 heavy (non-hydrogen) atoms. The summed E-state index contributed by atoms with van der Waals surface area (Å²) in [4.78, 5) is 12.2. The monoisotopic (exact) mass is 341 g/mol. The first kappa shape index (κ1) is 17.2. The third-order valence-corrected chi connectivity index (χ3v) is 7.86. The van der Waals surface area contributed by atoms with E-state index in [0.717, 1.165) is 0 Å². The molecule has 0 bridgehead atoms. The number of sulfonamides is 1. The molecule has 1 aliphatic heterocycles. The molecule has 0 saturated carbocycles. The summed E-state index contributed by atoms with van der Waals surface area (Å²) in [6.45, 7) is 6.57. The summed E-state index contributed by atoms with van der Waals surface area (Å²) in [5.74, 6) is -0.427. The number of benzene rings is 1. The van der Waals surface area contributed by atoms with Crippen LogP contribution in [0.4, 0.5) is 0 Å². The third-order valence-electron chi connectivity index (χ3n) is 3.91. The minimum absolute atomic E-state index is 0.0916. The molecule has 1 aliphatic rings. The molecule has 5 nitrogen and oxygen atoms in total. The van der Waals surface area contributed by atoms with Crippen LogP contribution in [-0.4, -0.2) is 46.2 Å². The Hall–Kier alpha value is -1.18. The molecule has 2 rings (SSSR count). The molecule has 0 aromatic heterocycles. The van der Waals surface area contributed by atoms with Crippen molar-refractivity contribution in [2.75, 3.05) is 19.4 Å². The van der Waals surface area contributed by atoms with E-state index in [-0.39, 0.29) is 12.3 Å². The highest BCUT2D eigenvalue weighted by atomic mass is 32.2. The molecule has 1 fully saturated rings. The molecule has 0 spiro atoms. The zero-order valence-corrected chi connectivity index (χ0v) is 15.3. The molecule has 0 aliphatic carbocycles. The molecule has 2 atom stereocenters. The number of nitrogens with zero attached hydrogens (tertiary/aromatic N) is 1. The summed E-state index contributed by atoms with van der Waals surface area (Å²) >= 11 is 0. The van der Waals surface area contributed by atoms with Gasteiger partial charge in [-0.2, -0.15) is 4.31 Å². The molecule has 122 valence electrons. The molecular weight excluding hydrogens is 318 g/mol. The summed E-state index contributed by atoms with van der Waals surface area (Å²) in [7, 11) is -3.64. The van der Waals surface area contributed by atoms with Crippen molar-refractivity contribution in [3.8, 4) is 0 Å². The van der Waals surface area contributed by atoms with E-state index >= 15 is 0 Å². The maximum absolute atomic E-state index is 12.6. The van der Waals surface area contributed by atoms with Gasteiger partial charge >= 0.3 is 5.97 Å². The van der Waals surface area contributed by atoms with Gasteiger partial charge in [0, 0.05) is 14.6 Å². The van der Waals surface area contributed by atoms with Crippen LogP contribution >= 0.6 is 0 Å². The molecular formula is C15H23NO4SSi. The SMILES string of the molecule is COC(=O)C1(c2ccccc2)CN1S(=O)(=O)CC[Si](C)(C)C. The van der Waals surface area contributed by atoms with E-state index in [9.17, 15) is 13.2 Å². The lowest BCUT2D eigenvalue weighted by atomic mass is 10.00. The zero-order valence-electron chi connectivity index (χ0n) is 13.5. The van der Waals surface area contributed by atoms with Gasteiger partial charge in [0.2, 0.25) is 10.0 Å². The molecule has 7 heteroatoms. The summed E-state index contributed by atoms with van der Waals surface area (Å²) in [5.41, 5.74) is -0.507. The average Bonchev–Trinajstić information content (AvgIpc) is 3.22. The van der Waals surface area contributed by atoms with Gasteiger partial charge in [0.25, 0.3) is 0 Å². The van der Waals surface area contributed by atoms with Gasteiger partial charge in [-0.3, -0.25) is 0 Å². The van der Waals surface area contributed by atoms with E-state index in [2.05, 4.69) is 19.6 Å². The molecule has 1 aromatic rings. The van der Waals surface area contributed by atoms with Crippen molar-refractivity contribution in [3.63, 3.8) is 0 Å². The molecule has 1 saturated heterocycles. The third kappa shape index (κ3) is 3.26. The van der Waals surface area contributed by atoms with Crippen LogP contribution in [0.2, 0.25) is 25.7 Å². The van der Waals surface area contributed by atoms with Crippen molar-refractivity contribution in [2.24, 2.45) is 0 Å². The zero-order chi connectivity index (χ0) is 16.6. The van der Waals surface area contributed by atoms with Crippen LogP contribution in [0.25, 0.3) is 0 Å². The number of hydrogen-bond acceptors (Lipinski definition) is 4. The number of carbonyl (C=O) groups is 1. The molecule has 0 radical (unpaired) electrons. The van der Waals surface area contributed by atoms with E-state index in [1.54, 1.807) is 24.3 Å². The Morgan fingerprint density at radius 3 is 2.36 bits per heavy atom. The van der Waals surface area contributed by atoms with Gasteiger partial charge in [0.05, 0.1) is 12.9 Å². The number of carbonyl (C=O) groups excluding carboxylic acids is 1. The minimum atomic E-state index is -3.46. The van der Waals surface area contributed by atoms with Crippen LogP contribution in [0.1, 0.15) is 5.56 Å². The van der Waals surface area contributed by atoms with Gasteiger partial charge in [-0.25, -0.2) is 13.2 Å². The topological polar surface area (TPSA) is 63.5 Å². The number of ether oxygens (including phenoxy) is 1. The van der Waals surface area contributed by atoms with E-state index in [1.165, 1.54) is 11.4 Å². The Morgan fingerprint density at radius 1 is 1.27 bits per heavy atom. The molecule has 2 unspecified atom stereocenters. The maximum Gasteiger partial charge on any atom is 0.333 e. The Kier molecular flexibility index (Phi) is 4.52. The molecule has 1 heterocycles. The van der Waals surface area contributed by atoms with Gasteiger partial charge in [0.15, 0.2) is 5.54 Å². The number of rotatable bonds is 6. The van der Waals surface area contributed by atoms with Crippen LogP contribution in [0.3, 0.4) is 0 Å². The number of hydrogen-bond donors (Lipinski definition) is 0. The smallest absolute Gasteiger partial charge is 0.333 e. The Balaban J connectivity index is 2.28. The molecule has 0 amide bonds. The highest BCUT2D eigenvalue weighted by molar-refractivity contribution is 7.89.